The zero-order valence-corrected chi connectivity index (χ0v) is 15.2. The summed E-state index contributed by atoms with van der Waals surface area (Å²) in [5.74, 6) is -0.149. The lowest BCUT2D eigenvalue weighted by atomic mass is 10.1. The van der Waals surface area contributed by atoms with Gasteiger partial charge in [-0.2, -0.15) is 0 Å². The molecule has 2 heterocycles. The average Bonchev–Trinajstić information content (AvgIpc) is 3.26. The first-order chi connectivity index (χ1) is 12.5. The molecule has 1 atom stereocenters. The molecule has 0 N–H and O–H groups in total. The number of carbonyl (C=O) groups excluding carboxylic acids is 3. The smallest absolute Gasteiger partial charge is 0.228 e. The minimum atomic E-state index is -0.278. The molecule has 138 valence electrons. The molecule has 0 saturated carbocycles. The Bertz CT molecular complexity index is 753. The number of amides is 3. The summed E-state index contributed by atoms with van der Waals surface area (Å²) < 4.78 is 0. The van der Waals surface area contributed by atoms with E-state index in [1.54, 1.807) is 16.7 Å². The molecule has 1 aliphatic carbocycles. The van der Waals surface area contributed by atoms with E-state index in [0.29, 0.717) is 32.7 Å². The van der Waals surface area contributed by atoms with Crippen LogP contribution < -0.4 is 4.90 Å². The van der Waals surface area contributed by atoms with Crippen LogP contribution >= 0.6 is 0 Å². The van der Waals surface area contributed by atoms with Gasteiger partial charge in [0.25, 0.3) is 0 Å². The molecule has 3 aliphatic rings. The van der Waals surface area contributed by atoms with Gasteiger partial charge in [0.1, 0.15) is 0 Å². The summed E-state index contributed by atoms with van der Waals surface area (Å²) in [6, 6.07) is 6.26. The average molecular weight is 355 g/mol. The quantitative estimate of drug-likeness (QED) is 0.801. The summed E-state index contributed by atoms with van der Waals surface area (Å²) in [6.07, 6.45) is 3.66. The number of rotatable bonds is 2. The summed E-state index contributed by atoms with van der Waals surface area (Å²) in [7, 11) is 0. The molecular weight excluding hydrogens is 330 g/mol. The van der Waals surface area contributed by atoms with Gasteiger partial charge in [-0.3, -0.25) is 14.4 Å². The molecule has 3 amide bonds. The maximum atomic E-state index is 12.8. The number of anilines is 1. The Kier molecular flexibility index (Phi) is 4.42. The number of fused-ring (bicyclic) bond motifs is 1. The third kappa shape index (κ3) is 3.08. The minimum Gasteiger partial charge on any atom is -0.339 e. The lowest BCUT2D eigenvalue weighted by Crippen LogP contribution is -2.51. The van der Waals surface area contributed by atoms with Crippen LogP contribution in [-0.4, -0.2) is 60.2 Å². The van der Waals surface area contributed by atoms with Gasteiger partial charge in [0.05, 0.1) is 5.92 Å². The number of hydrogen-bond donors (Lipinski definition) is 0. The van der Waals surface area contributed by atoms with Crippen LogP contribution in [-0.2, 0) is 27.2 Å². The van der Waals surface area contributed by atoms with Crippen molar-refractivity contribution in [2.75, 3.05) is 37.6 Å². The largest absolute Gasteiger partial charge is 0.339 e. The maximum absolute atomic E-state index is 12.8. The van der Waals surface area contributed by atoms with Gasteiger partial charge in [-0.05, 0) is 42.5 Å². The van der Waals surface area contributed by atoms with E-state index in [1.165, 1.54) is 17.5 Å². The first-order valence-electron chi connectivity index (χ1n) is 9.49. The molecule has 1 unspecified atom stereocenters. The lowest BCUT2D eigenvalue weighted by molar-refractivity contribution is -0.141. The molecule has 26 heavy (non-hydrogen) atoms. The Morgan fingerprint density at radius 2 is 1.69 bits per heavy atom. The molecule has 1 aromatic carbocycles. The molecule has 0 bridgehead atoms. The highest BCUT2D eigenvalue weighted by Crippen LogP contribution is 2.31. The van der Waals surface area contributed by atoms with Crippen molar-refractivity contribution in [3.05, 3.63) is 29.3 Å². The molecule has 4 rings (SSSR count). The topological polar surface area (TPSA) is 60.9 Å². The number of nitrogens with zero attached hydrogens (tertiary/aromatic N) is 3. The van der Waals surface area contributed by atoms with Crippen molar-refractivity contribution in [1.82, 2.24) is 9.80 Å². The summed E-state index contributed by atoms with van der Waals surface area (Å²) in [5.41, 5.74) is 3.65. The van der Waals surface area contributed by atoms with Gasteiger partial charge in [-0.15, -0.1) is 0 Å². The van der Waals surface area contributed by atoms with Gasteiger partial charge in [0.2, 0.25) is 17.7 Å². The van der Waals surface area contributed by atoms with Gasteiger partial charge >= 0.3 is 0 Å². The van der Waals surface area contributed by atoms with Gasteiger partial charge in [0.15, 0.2) is 0 Å². The van der Waals surface area contributed by atoms with Crippen molar-refractivity contribution in [1.29, 1.82) is 0 Å². The van der Waals surface area contributed by atoms with Gasteiger partial charge < -0.3 is 14.7 Å². The number of aryl methyl sites for hydroxylation is 2. The molecule has 2 aliphatic heterocycles. The minimum absolute atomic E-state index is 0.0312. The Hall–Kier alpha value is -2.37. The van der Waals surface area contributed by atoms with Crippen LogP contribution in [0.15, 0.2) is 18.2 Å². The Balaban J connectivity index is 1.41. The second kappa shape index (κ2) is 6.74. The predicted octanol–water partition coefficient (Wildman–Crippen LogP) is 1.22. The first kappa shape index (κ1) is 17.1. The maximum Gasteiger partial charge on any atom is 0.228 e. The normalized spacial score (nSPS) is 22.7. The van der Waals surface area contributed by atoms with Gasteiger partial charge in [-0.1, -0.05) is 6.07 Å². The molecular formula is C20H25N3O3. The number of piperazine rings is 1. The van der Waals surface area contributed by atoms with Crippen molar-refractivity contribution in [2.24, 2.45) is 5.92 Å². The van der Waals surface area contributed by atoms with E-state index in [2.05, 4.69) is 12.1 Å². The van der Waals surface area contributed by atoms with Crippen molar-refractivity contribution in [2.45, 2.75) is 32.6 Å². The molecule has 0 aromatic heterocycles. The van der Waals surface area contributed by atoms with Crippen molar-refractivity contribution in [3.8, 4) is 0 Å². The predicted molar refractivity (Wildman–Crippen MR) is 97.8 cm³/mol. The van der Waals surface area contributed by atoms with Crippen LogP contribution in [0.25, 0.3) is 0 Å². The van der Waals surface area contributed by atoms with Crippen molar-refractivity contribution >= 4 is 23.4 Å². The number of carbonyl (C=O) groups is 3. The van der Waals surface area contributed by atoms with Crippen molar-refractivity contribution in [3.63, 3.8) is 0 Å². The fourth-order valence-electron chi connectivity index (χ4n) is 4.35. The van der Waals surface area contributed by atoms with E-state index in [4.69, 9.17) is 0 Å². The molecule has 2 fully saturated rings. The Morgan fingerprint density at radius 3 is 2.42 bits per heavy atom. The standard InChI is InChI=1S/C20H25N3O3/c1-14(24)21-7-9-22(10-8-21)20(26)17-12-19(25)23(13-17)18-6-5-15-3-2-4-16(15)11-18/h5-6,11,17H,2-4,7-10,12-13H2,1H3. The highest BCUT2D eigenvalue weighted by molar-refractivity contribution is 6.00. The van der Waals surface area contributed by atoms with Gasteiger partial charge in [-0.25, -0.2) is 0 Å². The summed E-state index contributed by atoms with van der Waals surface area (Å²) in [5, 5.41) is 0. The fraction of sp³-hybridized carbons (Fsp3) is 0.550. The van der Waals surface area contributed by atoms with E-state index >= 15 is 0 Å². The zero-order valence-electron chi connectivity index (χ0n) is 15.2. The lowest BCUT2D eigenvalue weighted by Gasteiger charge is -2.35. The third-order valence-electron chi connectivity index (χ3n) is 5.90. The van der Waals surface area contributed by atoms with E-state index < -0.39 is 0 Å². The van der Waals surface area contributed by atoms with Crippen LogP contribution in [0.1, 0.15) is 30.9 Å². The van der Waals surface area contributed by atoms with Crippen LogP contribution in [0.4, 0.5) is 5.69 Å². The van der Waals surface area contributed by atoms with E-state index in [1.807, 2.05) is 11.0 Å². The highest BCUT2D eigenvalue weighted by Gasteiger charge is 2.38. The molecule has 0 radical (unpaired) electrons. The first-order valence-corrected chi connectivity index (χ1v) is 9.49. The SMILES string of the molecule is CC(=O)N1CCN(C(=O)C2CC(=O)N(c3ccc4c(c3)CCC4)C2)CC1. The Labute approximate surface area is 153 Å². The zero-order chi connectivity index (χ0) is 18.3. The number of benzene rings is 1. The van der Waals surface area contributed by atoms with E-state index in [0.717, 1.165) is 18.5 Å². The molecule has 1 aromatic rings. The second-order valence-corrected chi connectivity index (χ2v) is 7.54. The molecule has 2 saturated heterocycles. The molecule has 0 spiro atoms. The summed E-state index contributed by atoms with van der Waals surface area (Å²) in [4.78, 5) is 42.1. The van der Waals surface area contributed by atoms with Gasteiger partial charge in [0, 0.05) is 51.8 Å². The summed E-state index contributed by atoms with van der Waals surface area (Å²) in [6.45, 7) is 4.29. The van der Waals surface area contributed by atoms with Crippen molar-refractivity contribution < 1.29 is 14.4 Å². The second-order valence-electron chi connectivity index (χ2n) is 7.54. The van der Waals surface area contributed by atoms with Crippen LogP contribution in [0.2, 0.25) is 0 Å². The summed E-state index contributed by atoms with van der Waals surface area (Å²) >= 11 is 0. The third-order valence-corrected chi connectivity index (χ3v) is 5.90. The molecule has 6 heteroatoms. The Morgan fingerprint density at radius 1 is 1.00 bits per heavy atom. The van der Waals surface area contributed by atoms with E-state index in [-0.39, 0.29) is 30.1 Å². The van der Waals surface area contributed by atoms with Crippen LogP contribution in [0.5, 0.6) is 0 Å². The monoisotopic (exact) mass is 355 g/mol. The highest BCUT2D eigenvalue weighted by atomic mass is 16.2. The number of hydrogen-bond acceptors (Lipinski definition) is 3. The van der Waals surface area contributed by atoms with E-state index in [9.17, 15) is 14.4 Å². The molecule has 6 nitrogen and oxygen atoms in total. The fourth-order valence-corrected chi connectivity index (χ4v) is 4.35. The van der Waals surface area contributed by atoms with Crippen LogP contribution in [0, 0.1) is 5.92 Å². The van der Waals surface area contributed by atoms with Crippen LogP contribution in [0.3, 0.4) is 0 Å².